The van der Waals surface area contributed by atoms with Crippen molar-refractivity contribution in [3.63, 3.8) is 0 Å². The highest BCUT2D eigenvalue weighted by atomic mass is 79.9. The minimum Gasteiger partial charge on any atom is -0.211 e. The Bertz CT molecular complexity index is 405. The lowest BCUT2D eigenvalue weighted by Gasteiger charge is -2.08. The SMILES string of the molecule is CCC(Br)CCNS(=O)(=O)c1ccccc1. The third-order valence-electron chi connectivity index (χ3n) is 2.25. The molecule has 1 rings (SSSR count). The highest BCUT2D eigenvalue weighted by Crippen LogP contribution is 2.10. The van der Waals surface area contributed by atoms with Crippen LogP contribution in [-0.4, -0.2) is 19.8 Å². The Balaban J connectivity index is 2.54. The molecule has 0 radical (unpaired) electrons. The van der Waals surface area contributed by atoms with E-state index in [0.29, 0.717) is 16.3 Å². The summed E-state index contributed by atoms with van der Waals surface area (Å²) in [6.07, 6.45) is 1.79. The van der Waals surface area contributed by atoms with Crippen molar-refractivity contribution in [2.75, 3.05) is 6.54 Å². The highest BCUT2D eigenvalue weighted by molar-refractivity contribution is 9.09. The van der Waals surface area contributed by atoms with Gasteiger partial charge in [0.05, 0.1) is 4.90 Å². The maximum atomic E-state index is 11.8. The molecule has 0 aliphatic heterocycles. The molecule has 0 aliphatic carbocycles. The summed E-state index contributed by atoms with van der Waals surface area (Å²) >= 11 is 3.47. The van der Waals surface area contributed by atoms with Crippen LogP contribution >= 0.6 is 15.9 Å². The summed E-state index contributed by atoms with van der Waals surface area (Å²) in [6.45, 7) is 2.52. The van der Waals surface area contributed by atoms with E-state index < -0.39 is 10.0 Å². The Morgan fingerprint density at radius 1 is 1.31 bits per heavy atom. The van der Waals surface area contributed by atoms with Crippen LogP contribution in [0.4, 0.5) is 0 Å². The fourth-order valence-corrected chi connectivity index (χ4v) is 2.53. The van der Waals surface area contributed by atoms with E-state index in [0.717, 1.165) is 12.8 Å². The number of halogens is 1. The second kappa shape index (κ2) is 6.37. The Morgan fingerprint density at radius 2 is 1.94 bits per heavy atom. The van der Waals surface area contributed by atoms with Crippen LogP contribution in [0.15, 0.2) is 35.2 Å². The quantitative estimate of drug-likeness (QED) is 0.821. The molecular formula is C11H16BrNO2S. The standard InChI is InChI=1S/C11H16BrNO2S/c1-2-10(12)8-9-13-16(14,15)11-6-4-3-5-7-11/h3-7,10,13H,2,8-9H2,1H3. The normalized spacial score (nSPS) is 13.6. The zero-order chi connectivity index (χ0) is 12.0. The molecule has 1 atom stereocenters. The van der Waals surface area contributed by atoms with Crippen molar-refractivity contribution in [1.29, 1.82) is 0 Å². The van der Waals surface area contributed by atoms with Crippen molar-refractivity contribution < 1.29 is 8.42 Å². The first-order valence-corrected chi connectivity index (χ1v) is 7.65. The van der Waals surface area contributed by atoms with Gasteiger partial charge < -0.3 is 0 Å². The van der Waals surface area contributed by atoms with Crippen LogP contribution in [-0.2, 0) is 10.0 Å². The fourth-order valence-electron chi connectivity index (χ4n) is 1.24. The van der Waals surface area contributed by atoms with Gasteiger partial charge in [-0.15, -0.1) is 0 Å². The summed E-state index contributed by atoms with van der Waals surface area (Å²) in [6, 6.07) is 8.41. The number of hydrogen-bond donors (Lipinski definition) is 1. The molecular weight excluding hydrogens is 290 g/mol. The highest BCUT2D eigenvalue weighted by Gasteiger charge is 2.12. The summed E-state index contributed by atoms with van der Waals surface area (Å²) in [7, 11) is -3.34. The average molecular weight is 306 g/mol. The number of benzene rings is 1. The molecule has 1 unspecified atom stereocenters. The smallest absolute Gasteiger partial charge is 0.211 e. The van der Waals surface area contributed by atoms with Gasteiger partial charge in [-0.05, 0) is 25.0 Å². The van der Waals surface area contributed by atoms with Crippen molar-refractivity contribution in [3.05, 3.63) is 30.3 Å². The van der Waals surface area contributed by atoms with Gasteiger partial charge in [-0.1, -0.05) is 41.1 Å². The van der Waals surface area contributed by atoms with Crippen LogP contribution in [0, 0.1) is 0 Å². The largest absolute Gasteiger partial charge is 0.240 e. The lowest BCUT2D eigenvalue weighted by Crippen LogP contribution is -2.26. The van der Waals surface area contributed by atoms with Gasteiger partial charge in [0.15, 0.2) is 0 Å². The lowest BCUT2D eigenvalue weighted by molar-refractivity contribution is 0.577. The van der Waals surface area contributed by atoms with Gasteiger partial charge >= 0.3 is 0 Å². The van der Waals surface area contributed by atoms with Gasteiger partial charge in [0.25, 0.3) is 0 Å². The van der Waals surface area contributed by atoms with E-state index in [-0.39, 0.29) is 0 Å². The monoisotopic (exact) mass is 305 g/mol. The Kier molecular flexibility index (Phi) is 5.44. The van der Waals surface area contributed by atoms with Crippen molar-refractivity contribution in [1.82, 2.24) is 4.72 Å². The molecule has 0 aliphatic rings. The number of sulfonamides is 1. The van der Waals surface area contributed by atoms with Crippen LogP contribution < -0.4 is 4.72 Å². The van der Waals surface area contributed by atoms with Gasteiger partial charge in [-0.25, -0.2) is 13.1 Å². The molecule has 0 heterocycles. The van der Waals surface area contributed by atoms with E-state index in [9.17, 15) is 8.42 Å². The second-order valence-corrected chi connectivity index (χ2v) is 6.57. The van der Waals surface area contributed by atoms with E-state index in [2.05, 4.69) is 27.6 Å². The van der Waals surface area contributed by atoms with Crippen LogP contribution in [0.25, 0.3) is 0 Å². The first-order chi connectivity index (χ1) is 7.56. The molecule has 0 fully saturated rings. The van der Waals surface area contributed by atoms with E-state index >= 15 is 0 Å². The molecule has 0 bridgehead atoms. The minimum absolute atomic E-state index is 0.317. The van der Waals surface area contributed by atoms with Crippen LogP contribution in [0.3, 0.4) is 0 Å². The minimum atomic E-state index is -3.34. The Morgan fingerprint density at radius 3 is 2.50 bits per heavy atom. The van der Waals surface area contributed by atoms with E-state index in [1.54, 1.807) is 30.3 Å². The predicted octanol–water partition coefficient (Wildman–Crippen LogP) is 2.53. The lowest BCUT2D eigenvalue weighted by atomic mass is 10.2. The van der Waals surface area contributed by atoms with E-state index in [4.69, 9.17) is 0 Å². The third-order valence-corrected chi connectivity index (χ3v) is 4.83. The van der Waals surface area contributed by atoms with E-state index in [1.165, 1.54) is 0 Å². The Hall–Kier alpha value is -0.390. The molecule has 0 saturated heterocycles. The molecule has 0 spiro atoms. The summed E-state index contributed by atoms with van der Waals surface area (Å²) in [5.74, 6) is 0. The summed E-state index contributed by atoms with van der Waals surface area (Å²) in [5.41, 5.74) is 0. The van der Waals surface area contributed by atoms with Crippen LogP contribution in [0.2, 0.25) is 0 Å². The molecule has 1 N–H and O–H groups in total. The first kappa shape index (κ1) is 13.7. The van der Waals surface area contributed by atoms with Gasteiger partial charge in [-0.2, -0.15) is 0 Å². The molecule has 16 heavy (non-hydrogen) atoms. The second-order valence-electron chi connectivity index (χ2n) is 3.51. The molecule has 1 aromatic carbocycles. The summed E-state index contributed by atoms with van der Waals surface area (Å²) in [5, 5.41) is 0. The average Bonchev–Trinajstić information content (AvgIpc) is 2.30. The number of hydrogen-bond acceptors (Lipinski definition) is 2. The first-order valence-electron chi connectivity index (χ1n) is 5.25. The maximum absolute atomic E-state index is 11.8. The fraction of sp³-hybridized carbons (Fsp3) is 0.455. The van der Waals surface area contributed by atoms with Crippen LogP contribution in [0.5, 0.6) is 0 Å². The molecule has 3 nitrogen and oxygen atoms in total. The van der Waals surface area contributed by atoms with Crippen molar-refractivity contribution in [3.8, 4) is 0 Å². The third kappa shape index (κ3) is 4.23. The summed E-state index contributed by atoms with van der Waals surface area (Å²) < 4.78 is 26.1. The zero-order valence-electron chi connectivity index (χ0n) is 9.19. The number of nitrogens with one attached hydrogen (secondary N) is 1. The molecule has 0 aromatic heterocycles. The van der Waals surface area contributed by atoms with E-state index in [1.807, 2.05) is 0 Å². The molecule has 0 saturated carbocycles. The molecule has 5 heteroatoms. The van der Waals surface area contributed by atoms with Gasteiger partial charge in [0, 0.05) is 11.4 Å². The molecule has 90 valence electrons. The van der Waals surface area contributed by atoms with Crippen LogP contribution in [0.1, 0.15) is 19.8 Å². The van der Waals surface area contributed by atoms with Crippen molar-refractivity contribution in [2.24, 2.45) is 0 Å². The van der Waals surface area contributed by atoms with Gasteiger partial charge in [0.1, 0.15) is 0 Å². The maximum Gasteiger partial charge on any atom is 0.240 e. The number of alkyl halides is 1. The van der Waals surface area contributed by atoms with Gasteiger partial charge in [0.2, 0.25) is 10.0 Å². The topological polar surface area (TPSA) is 46.2 Å². The molecule has 1 aromatic rings. The molecule has 0 amide bonds. The summed E-state index contributed by atoms with van der Waals surface area (Å²) in [4.78, 5) is 0.684. The van der Waals surface area contributed by atoms with Crippen molar-refractivity contribution in [2.45, 2.75) is 29.5 Å². The van der Waals surface area contributed by atoms with Gasteiger partial charge in [-0.3, -0.25) is 0 Å². The zero-order valence-corrected chi connectivity index (χ0v) is 11.6. The predicted molar refractivity (Wildman–Crippen MR) is 69.3 cm³/mol. The Labute approximate surface area is 105 Å². The van der Waals surface area contributed by atoms with Crippen molar-refractivity contribution >= 4 is 26.0 Å². The number of rotatable bonds is 6.